The number of aromatic nitrogens is 2. The zero-order chi connectivity index (χ0) is 20.6. The first-order valence-electron chi connectivity index (χ1n) is 9.51. The van der Waals surface area contributed by atoms with E-state index in [0.717, 1.165) is 36.0 Å². The van der Waals surface area contributed by atoms with Crippen molar-refractivity contribution in [2.45, 2.75) is 52.5 Å². The zero-order valence-corrected chi connectivity index (χ0v) is 17.7. The molecule has 9 nitrogen and oxygen atoms in total. The molecular weight excluding hydrogens is 396 g/mol. The van der Waals surface area contributed by atoms with Gasteiger partial charge >= 0.3 is 10.4 Å². The number of nitrogen functional groups attached to an aromatic ring is 1. The van der Waals surface area contributed by atoms with Gasteiger partial charge in [-0.2, -0.15) is 8.42 Å². The Bertz CT molecular complexity index is 862. The lowest BCUT2D eigenvalue weighted by Crippen LogP contribution is -2.52. The number of anilines is 2. The predicted octanol–water partition coefficient (Wildman–Crippen LogP) is 2.16. The van der Waals surface area contributed by atoms with Crippen molar-refractivity contribution < 1.29 is 27.5 Å². The predicted molar refractivity (Wildman–Crippen MR) is 110 cm³/mol. The molecule has 1 aromatic heterocycles. The molecule has 0 saturated heterocycles. The Hall–Kier alpha value is -2.43. The lowest BCUT2D eigenvalue weighted by Gasteiger charge is -2.20. The Morgan fingerprint density at radius 2 is 1.86 bits per heavy atom. The molecular formula is C19H30N4O5S. The van der Waals surface area contributed by atoms with Crippen LogP contribution in [0.5, 0.6) is 0 Å². The second-order valence-corrected chi connectivity index (χ2v) is 7.57. The van der Waals surface area contributed by atoms with Gasteiger partial charge in [0.25, 0.3) is 11.6 Å². The molecule has 4 N–H and O–H groups in total. The van der Waals surface area contributed by atoms with E-state index in [2.05, 4.69) is 16.2 Å². The highest BCUT2D eigenvalue weighted by atomic mass is 32.3. The maximum Gasteiger partial charge on any atom is 0.476 e. The number of unbranched alkanes of at least 4 members (excludes halogenated alkanes) is 3. The first kappa shape index (κ1) is 24.6. The average Bonchev–Trinajstić information content (AvgIpc) is 2.65. The molecule has 1 heterocycles. The fourth-order valence-corrected chi connectivity index (χ4v) is 3.28. The van der Waals surface area contributed by atoms with Gasteiger partial charge in [-0.25, -0.2) is 4.28 Å². The molecule has 0 spiro atoms. The molecule has 0 aliphatic rings. The molecule has 0 amide bonds. The lowest BCUT2D eigenvalue weighted by molar-refractivity contribution is -0.853. The van der Waals surface area contributed by atoms with Gasteiger partial charge in [-0.05, 0) is 23.6 Å². The molecule has 0 fully saturated rings. The number of hydrogen-bond acceptors (Lipinski definition) is 7. The van der Waals surface area contributed by atoms with Crippen molar-refractivity contribution in [1.29, 1.82) is 0 Å². The summed E-state index contributed by atoms with van der Waals surface area (Å²) in [5.41, 5.74) is 7.17. The van der Waals surface area contributed by atoms with Crippen LogP contribution >= 0.6 is 0 Å². The molecule has 0 saturated carbocycles. The fourth-order valence-electron chi connectivity index (χ4n) is 2.92. The Morgan fingerprint density at radius 1 is 1.17 bits per heavy atom. The van der Waals surface area contributed by atoms with Crippen LogP contribution in [0.25, 0.3) is 0 Å². The van der Waals surface area contributed by atoms with Crippen LogP contribution in [-0.2, 0) is 23.4 Å². The molecule has 2 rings (SSSR count). The molecule has 29 heavy (non-hydrogen) atoms. The largest absolute Gasteiger partial charge is 0.870 e. The number of nitrogens with two attached hydrogens (primary N) is 1. The van der Waals surface area contributed by atoms with E-state index in [-0.39, 0.29) is 11.3 Å². The van der Waals surface area contributed by atoms with Gasteiger partial charge in [0.1, 0.15) is 0 Å². The van der Waals surface area contributed by atoms with Crippen LogP contribution < -0.4 is 19.6 Å². The Morgan fingerprint density at radius 3 is 2.45 bits per heavy atom. The zero-order valence-electron chi connectivity index (χ0n) is 16.9. The molecule has 0 unspecified atom stereocenters. The summed E-state index contributed by atoms with van der Waals surface area (Å²) in [6.45, 7) is 5.46. The molecule has 0 radical (unpaired) electrons. The molecule has 0 aliphatic heterocycles. The van der Waals surface area contributed by atoms with E-state index in [4.69, 9.17) is 10.3 Å². The molecule has 0 atom stereocenters. The highest BCUT2D eigenvalue weighted by Crippen LogP contribution is 2.17. The SMILES string of the molecule is CCCCCCc1nc(N(CC)Cc2ccccc2)cc(N)[n+]1OS(=O)(=O)O.[OH-]. The van der Waals surface area contributed by atoms with Crippen LogP contribution in [0.3, 0.4) is 0 Å². The summed E-state index contributed by atoms with van der Waals surface area (Å²) in [6.07, 6.45) is 4.43. The van der Waals surface area contributed by atoms with Crippen molar-refractivity contribution >= 4 is 22.0 Å². The minimum absolute atomic E-state index is 0. The van der Waals surface area contributed by atoms with Crippen molar-refractivity contribution in [3.63, 3.8) is 0 Å². The van der Waals surface area contributed by atoms with E-state index in [1.54, 1.807) is 6.07 Å². The summed E-state index contributed by atoms with van der Waals surface area (Å²) < 4.78 is 37.1. The number of hydrogen-bond donors (Lipinski definition) is 2. The van der Waals surface area contributed by atoms with Gasteiger partial charge in [0, 0.05) is 19.5 Å². The third kappa shape index (κ3) is 7.84. The molecule has 162 valence electrons. The van der Waals surface area contributed by atoms with Crippen LogP contribution in [0.4, 0.5) is 11.6 Å². The van der Waals surface area contributed by atoms with Crippen LogP contribution in [0.2, 0.25) is 0 Å². The fraction of sp³-hybridized carbons (Fsp3) is 0.474. The topological polar surface area (TPSA) is 140 Å². The minimum Gasteiger partial charge on any atom is -0.870 e. The lowest BCUT2D eigenvalue weighted by atomic mass is 10.1. The Kier molecular flexibility index (Phi) is 9.79. The first-order chi connectivity index (χ1) is 13.3. The monoisotopic (exact) mass is 426 g/mol. The summed E-state index contributed by atoms with van der Waals surface area (Å²) in [5, 5.41) is 0. The van der Waals surface area contributed by atoms with Crippen LogP contribution in [0, 0.1) is 0 Å². The second-order valence-electron chi connectivity index (χ2n) is 6.56. The van der Waals surface area contributed by atoms with Crippen molar-refractivity contribution in [2.75, 3.05) is 17.2 Å². The average molecular weight is 427 g/mol. The molecule has 2 aromatic rings. The molecule has 0 bridgehead atoms. The highest BCUT2D eigenvalue weighted by Gasteiger charge is 2.24. The number of nitrogens with zero attached hydrogens (tertiary/aromatic N) is 3. The van der Waals surface area contributed by atoms with E-state index >= 15 is 0 Å². The summed E-state index contributed by atoms with van der Waals surface area (Å²) >= 11 is 0. The highest BCUT2D eigenvalue weighted by molar-refractivity contribution is 7.80. The molecule has 0 aliphatic carbocycles. The van der Waals surface area contributed by atoms with E-state index in [9.17, 15) is 8.42 Å². The van der Waals surface area contributed by atoms with Crippen molar-refractivity contribution in [3.8, 4) is 0 Å². The van der Waals surface area contributed by atoms with Gasteiger partial charge in [-0.1, -0.05) is 61.5 Å². The smallest absolute Gasteiger partial charge is 0.476 e. The van der Waals surface area contributed by atoms with Crippen LogP contribution in [0.15, 0.2) is 36.4 Å². The molecule has 10 heteroatoms. The van der Waals surface area contributed by atoms with Gasteiger partial charge < -0.3 is 16.1 Å². The Balaban J connectivity index is 0.00000420. The van der Waals surface area contributed by atoms with E-state index in [0.29, 0.717) is 31.2 Å². The van der Waals surface area contributed by atoms with E-state index in [1.807, 2.05) is 42.2 Å². The van der Waals surface area contributed by atoms with Crippen LogP contribution in [-0.4, -0.2) is 30.0 Å². The summed E-state index contributed by atoms with van der Waals surface area (Å²) in [5.74, 6) is 1.04. The molecule has 1 aromatic carbocycles. The third-order valence-corrected chi connectivity index (χ3v) is 4.67. The summed E-state index contributed by atoms with van der Waals surface area (Å²) in [4.78, 5) is 6.63. The third-order valence-electron chi connectivity index (χ3n) is 4.33. The Labute approximate surface area is 172 Å². The summed E-state index contributed by atoms with van der Waals surface area (Å²) in [6, 6.07) is 11.5. The van der Waals surface area contributed by atoms with E-state index in [1.165, 1.54) is 0 Å². The maximum absolute atomic E-state index is 11.2. The quantitative estimate of drug-likeness (QED) is 0.316. The normalized spacial score (nSPS) is 11.0. The van der Waals surface area contributed by atoms with Gasteiger partial charge in [-0.3, -0.25) is 4.55 Å². The number of rotatable bonds is 11. The van der Waals surface area contributed by atoms with Crippen molar-refractivity contribution in [3.05, 3.63) is 47.8 Å². The van der Waals surface area contributed by atoms with Gasteiger partial charge in [-0.15, -0.1) is 0 Å². The number of aryl methyl sites for hydroxylation is 1. The maximum atomic E-state index is 11.2. The van der Waals surface area contributed by atoms with Crippen LogP contribution in [0.1, 0.15) is 50.9 Å². The van der Waals surface area contributed by atoms with E-state index < -0.39 is 10.4 Å². The second kappa shape index (κ2) is 11.5. The standard InChI is InChI=1S/C19H28N4O4S.H2O/c1-3-5-6-10-13-18-21-19(14-17(20)23(18)27-28(24,25)26)22(4-2)15-16-11-8-7-9-12-16;/h7-9,11-12,14,20H,3-6,10,13,15H2,1-2H3,(H,24,25,26);1H2. The van der Waals surface area contributed by atoms with Gasteiger partial charge in [0.15, 0.2) is 0 Å². The van der Waals surface area contributed by atoms with Gasteiger partial charge in [0.05, 0.1) is 6.07 Å². The van der Waals surface area contributed by atoms with Gasteiger partial charge in [0.2, 0.25) is 5.82 Å². The first-order valence-corrected chi connectivity index (χ1v) is 10.9. The van der Waals surface area contributed by atoms with Crippen molar-refractivity contribution in [2.24, 2.45) is 0 Å². The van der Waals surface area contributed by atoms with Crippen molar-refractivity contribution in [1.82, 2.24) is 4.98 Å². The summed E-state index contributed by atoms with van der Waals surface area (Å²) in [7, 11) is -4.72. The minimum atomic E-state index is -4.72. The number of benzene rings is 1.